The number of hydrogen-bond acceptors (Lipinski definition) is 4. The van der Waals surface area contributed by atoms with E-state index in [0.717, 1.165) is 6.42 Å². The monoisotopic (exact) mass is 294 g/mol. The van der Waals surface area contributed by atoms with Gasteiger partial charge in [-0.1, -0.05) is 26.3 Å². The minimum Gasteiger partial charge on any atom is -0.274 e. The van der Waals surface area contributed by atoms with E-state index in [9.17, 15) is 13.2 Å². The van der Waals surface area contributed by atoms with Crippen LogP contribution < -0.4 is 4.72 Å². The lowest BCUT2D eigenvalue weighted by molar-refractivity contribution is -0.120. The molecule has 1 amide bonds. The summed E-state index contributed by atoms with van der Waals surface area (Å²) in [7, 11) is -3.93. The van der Waals surface area contributed by atoms with E-state index in [-0.39, 0.29) is 22.8 Å². The van der Waals surface area contributed by atoms with E-state index in [0.29, 0.717) is 5.56 Å². The minimum atomic E-state index is -3.93. The van der Waals surface area contributed by atoms with Crippen LogP contribution in [0.5, 0.6) is 0 Å². The number of rotatable bonds is 5. The fourth-order valence-electron chi connectivity index (χ4n) is 1.67. The molecule has 0 radical (unpaired) electrons. The molecule has 20 heavy (non-hydrogen) atoms. The Morgan fingerprint density at radius 1 is 1.45 bits per heavy atom. The SMILES string of the molecule is CCC(C)CC(=O)NS(=O)(=O)c1cc(C#N)ccc1C. The number of carbonyl (C=O) groups is 1. The third kappa shape index (κ3) is 4.07. The van der Waals surface area contributed by atoms with E-state index in [1.54, 1.807) is 13.0 Å². The van der Waals surface area contributed by atoms with Gasteiger partial charge in [0.25, 0.3) is 10.0 Å². The first-order valence-electron chi connectivity index (χ1n) is 6.36. The van der Waals surface area contributed by atoms with Crippen molar-refractivity contribution in [3.8, 4) is 6.07 Å². The number of amides is 1. The zero-order valence-electron chi connectivity index (χ0n) is 11.8. The van der Waals surface area contributed by atoms with Crippen molar-refractivity contribution in [2.45, 2.75) is 38.5 Å². The second-order valence-corrected chi connectivity index (χ2v) is 6.49. The van der Waals surface area contributed by atoms with Gasteiger partial charge in [0.05, 0.1) is 16.5 Å². The van der Waals surface area contributed by atoms with Crippen LogP contribution in [0, 0.1) is 24.2 Å². The molecule has 0 aliphatic rings. The van der Waals surface area contributed by atoms with Crippen LogP contribution in [-0.4, -0.2) is 14.3 Å². The molecule has 0 aliphatic carbocycles. The lowest BCUT2D eigenvalue weighted by Gasteiger charge is -2.11. The molecule has 0 spiro atoms. The topological polar surface area (TPSA) is 87.0 Å². The van der Waals surface area contributed by atoms with Crippen molar-refractivity contribution in [1.82, 2.24) is 4.72 Å². The fourth-order valence-corrected chi connectivity index (χ4v) is 2.93. The standard InChI is InChI=1S/C14H18N2O3S/c1-4-10(2)7-14(17)16-20(18,19)13-8-12(9-15)6-5-11(13)3/h5-6,8,10H,4,7H2,1-3H3,(H,16,17). The molecule has 1 aromatic rings. The van der Waals surface area contributed by atoms with Crippen molar-refractivity contribution >= 4 is 15.9 Å². The molecule has 1 unspecified atom stereocenters. The van der Waals surface area contributed by atoms with Gasteiger partial charge < -0.3 is 0 Å². The van der Waals surface area contributed by atoms with E-state index in [1.165, 1.54) is 12.1 Å². The summed E-state index contributed by atoms with van der Waals surface area (Å²) in [4.78, 5) is 11.7. The van der Waals surface area contributed by atoms with Gasteiger partial charge >= 0.3 is 0 Å². The van der Waals surface area contributed by atoms with Crippen molar-refractivity contribution in [2.24, 2.45) is 5.92 Å². The second-order valence-electron chi connectivity index (χ2n) is 4.84. The van der Waals surface area contributed by atoms with Crippen molar-refractivity contribution < 1.29 is 13.2 Å². The molecular weight excluding hydrogens is 276 g/mol. The van der Waals surface area contributed by atoms with Crippen LogP contribution in [0.3, 0.4) is 0 Å². The molecule has 1 aromatic carbocycles. The molecule has 0 fully saturated rings. The largest absolute Gasteiger partial charge is 0.274 e. The Bertz CT molecular complexity index is 645. The molecule has 0 heterocycles. The number of aryl methyl sites for hydroxylation is 1. The molecule has 6 heteroatoms. The first-order chi connectivity index (χ1) is 9.30. The molecule has 1 N–H and O–H groups in total. The van der Waals surface area contributed by atoms with Crippen LogP contribution in [0.4, 0.5) is 0 Å². The van der Waals surface area contributed by atoms with Crippen LogP contribution >= 0.6 is 0 Å². The summed E-state index contributed by atoms with van der Waals surface area (Å²) < 4.78 is 26.4. The molecule has 0 saturated heterocycles. The third-order valence-corrected chi connectivity index (χ3v) is 4.60. The predicted octanol–water partition coefficient (Wildman–Crippen LogP) is 2.11. The highest BCUT2D eigenvalue weighted by molar-refractivity contribution is 7.90. The van der Waals surface area contributed by atoms with Crippen molar-refractivity contribution in [3.63, 3.8) is 0 Å². The highest BCUT2D eigenvalue weighted by Crippen LogP contribution is 2.17. The maximum atomic E-state index is 12.2. The number of hydrogen-bond donors (Lipinski definition) is 1. The maximum Gasteiger partial charge on any atom is 0.264 e. The smallest absolute Gasteiger partial charge is 0.264 e. The fraction of sp³-hybridized carbons (Fsp3) is 0.429. The molecule has 1 rings (SSSR count). The predicted molar refractivity (Wildman–Crippen MR) is 75.3 cm³/mol. The maximum absolute atomic E-state index is 12.2. The normalized spacial score (nSPS) is 12.5. The van der Waals surface area contributed by atoms with Crippen LogP contribution in [0.1, 0.15) is 37.8 Å². The number of nitrogens with one attached hydrogen (secondary N) is 1. The summed E-state index contributed by atoms with van der Waals surface area (Å²) in [6, 6.07) is 6.24. The minimum absolute atomic E-state index is 0.0333. The first kappa shape index (κ1) is 16.2. The first-order valence-corrected chi connectivity index (χ1v) is 7.85. The Morgan fingerprint density at radius 3 is 2.65 bits per heavy atom. The Morgan fingerprint density at radius 2 is 2.10 bits per heavy atom. The third-order valence-electron chi connectivity index (χ3n) is 3.09. The van der Waals surface area contributed by atoms with Crippen LogP contribution in [0.2, 0.25) is 0 Å². The lowest BCUT2D eigenvalue weighted by atomic mass is 10.1. The van der Waals surface area contributed by atoms with Gasteiger partial charge in [-0.25, -0.2) is 13.1 Å². The van der Waals surface area contributed by atoms with Crippen LogP contribution in [-0.2, 0) is 14.8 Å². The van der Waals surface area contributed by atoms with Gasteiger partial charge in [-0.15, -0.1) is 0 Å². The molecule has 0 saturated carbocycles. The van der Waals surface area contributed by atoms with Gasteiger partial charge in [0.15, 0.2) is 0 Å². The summed E-state index contributed by atoms with van der Waals surface area (Å²) in [6.45, 7) is 5.44. The highest BCUT2D eigenvalue weighted by atomic mass is 32.2. The molecule has 0 aliphatic heterocycles. The quantitative estimate of drug-likeness (QED) is 0.901. The van der Waals surface area contributed by atoms with E-state index in [1.807, 2.05) is 19.9 Å². The lowest BCUT2D eigenvalue weighted by Crippen LogP contribution is -2.32. The van der Waals surface area contributed by atoms with Gasteiger partial charge in [-0.05, 0) is 30.5 Å². The number of sulfonamides is 1. The summed E-state index contributed by atoms with van der Waals surface area (Å²) in [5.41, 5.74) is 0.734. The average molecular weight is 294 g/mol. The van der Waals surface area contributed by atoms with E-state index < -0.39 is 15.9 Å². The molecule has 5 nitrogen and oxygen atoms in total. The Hall–Kier alpha value is -1.87. The molecule has 0 aromatic heterocycles. The summed E-state index contributed by atoms with van der Waals surface area (Å²) >= 11 is 0. The van der Waals surface area contributed by atoms with Gasteiger partial charge in [-0.2, -0.15) is 5.26 Å². The van der Waals surface area contributed by atoms with Crippen LogP contribution in [0.15, 0.2) is 23.1 Å². The zero-order valence-corrected chi connectivity index (χ0v) is 12.6. The Kier molecular flexibility index (Phi) is 5.28. The number of nitriles is 1. The van der Waals surface area contributed by atoms with E-state index in [4.69, 9.17) is 5.26 Å². The molecular formula is C14H18N2O3S. The molecule has 1 atom stereocenters. The zero-order chi connectivity index (χ0) is 15.3. The van der Waals surface area contributed by atoms with Gasteiger partial charge in [0, 0.05) is 6.42 Å². The summed E-state index contributed by atoms with van der Waals surface area (Å²) in [6.07, 6.45) is 0.961. The Balaban J connectivity index is 3.00. The highest BCUT2D eigenvalue weighted by Gasteiger charge is 2.21. The number of nitrogens with zero attached hydrogens (tertiary/aromatic N) is 1. The summed E-state index contributed by atoms with van der Waals surface area (Å²) in [5, 5.41) is 8.82. The van der Waals surface area contributed by atoms with Crippen molar-refractivity contribution in [3.05, 3.63) is 29.3 Å². The Labute approximate surface area is 119 Å². The van der Waals surface area contributed by atoms with E-state index >= 15 is 0 Å². The van der Waals surface area contributed by atoms with Crippen molar-refractivity contribution in [1.29, 1.82) is 5.26 Å². The number of benzene rings is 1. The van der Waals surface area contributed by atoms with Crippen LogP contribution in [0.25, 0.3) is 0 Å². The van der Waals surface area contributed by atoms with Crippen molar-refractivity contribution in [2.75, 3.05) is 0 Å². The second kappa shape index (κ2) is 6.53. The molecule has 0 bridgehead atoms. The summed E-state index contributed by atoms with van der Waals surface area (Å²) in [5.74, 6) is -0.405. The number of carbonyl (C=O) groups excluding carboxylic acids is 1. The van der Waals surface area contributed by atoms with E-state index in [2.05, 4.69) is 4.72 Å². The van der Waals surface area contributed by atoms with Gasteiger partial charge in [-0.3, -0.25) is 4.79 Å². The average Bonchev–Trinajstić information content (AvgIpc) is 2.38. The van der Waals surface area contributed by atoms with Gasteiger partial charge in [0.2, 0.25) is 5.91 Å². The molecule has 108 valence electrons. The van der Waals surface area contributed by atoms with Gasteiger partial charge in [0.1, 0.15) is 0 Å².